The van der Waals surface area contributed by atoms with Crippen molar-refractivity contribution in [2.24, 2.45) is 0 Å². The van der Waals surface area contributed by atoms with Gasteiger partial charge >= 0.3 is 6.18 Å². The van der Waals surface area contributed by atoms with Gasteiger partial charge in [-0.1, -0.05) is 0 Å². The minimum atomic E-state index is -4.80. The van der Waals surface area contributed by atoms with Gasteiger partial charge in [-0.25, -0.2) is 14.4 Å². The molecule has 3 aromatic heterocycles. The molecule has 0 radical (unpaired) electrons. The van der Waals surface area contributed by atoms with E-state index in [1.54, 1.807) is 0 Å². The summed E-state index contributed by atoms with van der Waals surface area (Å²) in [7, 11) is 4.19. The second-order valence-electron chi connectivity index (χ2n) is 10.3. The van der Waals surface area contributed by atoms with Crippen LogP contribution in [0.2, 0.25) is 0 Å². The molecule has 1 aliphatic carbocycles. The summed E-state index contributed by atoms with van der Waals surface area (Å²) < 4.78 is 61.3. The number of pyridine rings is 2. The van der Waals surface area contributed by atoms with E-state index in [4.69, 9.17) is 9.84 Å². The van der Waals surface area contributed by atoms with Crippen molar-refractivity contribution in [3.63, 3.8) is 0 Å². The molecular formula is C26H33F4N7O. The first-order valence-electron chi connectivity index (χ1n) is 13.1. The summed E-state index contributed by atoms with van der Waals surface area (Å²) in [5.41, 5.74) is -0.371. The van der Waals surface area contributed by atoms with E-state index >= 15 is 0 Å². The predicted octanol–water partition coefficient (Wildman–Crippen LogP) is 5.12. The Hall–Kier alpha value is -3.15. The molecule has 1 N–H and O–H groups in total. The molecule has 12 heteroatoms. The summed E-state index contributed by atoms with van der Waals surface area (Å²) in [6.45, 7) is 4.58. The van der Waals surface area contributed by atoms with Gasteiger partial charge in [-0.05, 0) is 59.2 Å². The van der Waals surface area contributed by atoms with Gasteiger partial charge in [0.15, 0.2) is 11.6 Å². The van der Waals surface area contributed by atoms with E-state index in [9.17, 15) is 17.6 Å². The number of nitrogens with one attached hydrogen (secondary N) is 1. The van der Waals surface area contributed by atoms with Crippen molar-refractivity contribution in [1.82, 2.24) is 24.6 Å². The number of hydrogen-bond donors (Lipinski definition) is 1. The van der Waals surface area contributed by atoms with E-state index in [0.29, 0.717) is 37.8 Å². The largest absolute Gasteiger partial charge is 0.472 e. The average Bonchev–Trinajstić information content (AvgIpc) is 3.51. The van der Waals surface area contributed by atoms with Crippen molar-refractivity contribution in [1.29, 1.82) is 0 Å². The third-order valence-electron chi connectivity index (χ3n) is 7.55. The van der Waals surface area contributed by atoms with E-state index in [2.05, 4.69) is 43.9 Å². The standard InChI is InChI=1S/C26H33F4N7O/c1-4-31-22-13-21-19(14-33-22)24(36-12-10-17(15-36)35(2)3)34-37(21)16-5-7-18(8-6-16)38-25-23(27)20(9-11-32-25)26(28,29)30/h9,11,13-14,16-18H,4-8,10,12,15H2,1-3H3,(H,31,33). The molecule has 5 rings (SSSR count). The van der Waals surface area contributed by atoms with Crippen LogP contribution in [0, 0.1) is 5.82 Å². The minimum Gasteiger partial charge on any atom is -0.472 e. The van der Waals surface area contributed by atoms with Crippen LogP contribution in [-0.2, 0) is 6.18 Å². The zero-order chi connectivity index (χ0) is 27.0. The molecule has 0 aromatic carbocycles. The fourth-order valence-corrected chi connectivity index (χ4v) is 5.45. The van der Waals surface area contributed by atoms with Gasteiger partial charge in [0, 0.05) is 44.1 Å². The van der Waals surface area contributed by atoms with Gasteiger partial charge in [-0.3, -0.25) is 4.68 Å². The van der Waals surface area contributed by atoms with Gasteiger partial charge in [0.2, 0.25) is 0 Å². The maximum absolute atomic E-state index is 14.4. The summed E-state index contributed by atoms with van der Waals surface area (Å²) in [5.74, 6) is -0.354. The van der Waals surface area contributed by atoms with Crippen LogP contribution in [0.5, 0.6) is 5.88 Å². The van der Waals surface area contributed by atoms with E-state index in [-0.39, 0.29) is 6.04 Å². The Labute approximate surface area is 219 Å². The van der Waals surface area contributed by atoms with Crippen LogP contribution < -0.4 is 15.0 Å². The predicted molar refractivity (Wildman–Crippen MR) is 137 cm³/mol. The monoisotopic (exact) mass is 535 g/mol. The van der Waals surface area contributed by atoms with Crippen LogP contribution in [0.4, 0.5) is 29.2 Å². The maximum Gasteiger partial charge on any atom is 0.419 e. The molecule has 3 aromatic rings. The summed E-state index contributed by atoms with van der Waals surface area (Å²) >= 11 is 0. The van der Waals surface area contributed by atoms with E-state index in [1.165, 1.54) is 0 Å². The maximum atomic E-state index is 14.4. The zero-order valence-electron chi connectivity index (χ0n) is 21.8. The minimum absolute atomic E-state index is 0.0783. The van der Waals surface area contributed by atoms with Gasteiger partial charge in [0.1, 0.15) is 11.9 Å². The number of anilines is 2. The first-order valence-corrected chi connectivity index (χ1v) is 13.1. The molecule has 8 nitrogen and oxygen atoms in total. The molecule has 206 valence electrons. The highest BCUT2D eigenvalue weighted by Crippen LogP contribution is 2.38. The van der Waals surface area contributed by atoms with Crippen molar-refractivity contribution < 1.29 is 22.3 Å². The lowest BCUT2D eigenvalue weighted by molar-refractivity contribution is -0.140. The van der Waals surface area contributed by atoms with Crippen LogP contribution in [0.25, 0.3) is 10.9 Å². The zero-order valence-corrected chi connectivity index (χ0v) is 21.8. The van der Waals surface area contributed by atoms with Crippen LogP contribution in [0.15, 0.2) is 24.5 Å². The van der Waals surface area contributed by atoms with E-state index in [0.717, 1.165) is 54.8 Å². The highest BCUT2D eigenvalue weighted by molar-refractivity contribution is 5.91. The quantitative estimate of drug-likeness (QED) is 0.421. The number of hydrogen-bond acceptors (Lipinski definition) is 7. The van der Waals surface area contributed by atoms with Crippen LogP contribution in [0.3, 0.4) is 0 Å². The molecule has 2 fully saturated rings. The van der Waals surface area contributed by atoms with Gasteiger partial charge < -0.3 is 19.9 Å². The molecule has 1 saturated heterocycles. The number of aromatic nitrogens is 4. The lowest BCUT2D eigenvalue weighted by Gasteiger charge is -2.29. The summed E-state index contributed by atoms with van der Waals surface area (Å²) in [6, 6.07) is 3.19. The summed E-state index contributed by atoms with van der Waals surface area (Å²) in [4.78, 5) is 12.9. The van der Waals surface area contributed by atoms with Crippen molar-refractivity contribution in [3.8, 4) is 5.88 Å². The van der Waals surface area contributed by atoms with Crippen LogP contribution in [0.1, 0.15) is 50.6 Å². The number of alkyl halides is 3. The molecule has 1 aliphatic heterocycles. The van der Waals surface area contributed by atoms with Crippen LogP contribution in [-0.4, -0.2) is 70.5 Å². The van der Waals surface area contributed by atoms with Gasteiger partial charge in [-0.2, -0.15) is 18.3 Å². The van der Waals surface area contributed by atoms with E-state index in [1.807, 2.05) is 19.2 Å². The average molecular weight is 536 g/mol. The number of halogens is 4. The Morgan fingerprint density at radius 2 is 1.89 bits per heavy atom. The number of ether oxygens (including phenoxy) is 1. The third kappa shape index (κ3) is 5.23. The Balaban J connectivity index is 1.35. The Kier molecular flexibility index (Phi) is 7.34. The molecular weight excluding hydrogens is 502 g/mol. The fourth-order valence-electron chi connectivity index (χ4n) is 5.45. The lowest BCUT2D eigenvalue weighted by atomic mass is 9.93. The molecule has 1 atom stereocenters. The number of nitrogens with zero attached hydrogens (tertiary/aromatic N) is 6. The molecule has 0 amide bonds. The first-order chi connectivity index (χ1) is 18.2. The van der Waals surface area contributed by atoms with Crippen molar-refractivity contribution in [2.45, 2.75) is 63.4 Å². The SMILES string of the molecule is CCNc1cc2c(cn1)c(N1CCC(N(C)C)C1)nn2C1CCC(Oc2nccc(C(F)(F)F)c2F)CC1. The molecule has 0 spiro atoms. The van der Waals surface area contributed by atoms with Crippen molar-refractivity contribution in [3.05, 3.63) is 35.9 Å². The van der Waals surface area contributed by atoms with Crippen molar-refractivity contribution >= 4 is 22.5 Å². The Morgan fingerprint density at radius 3 is 2.55 bits per heavy atom. The lowest BCUT2D eigenvalue weighted by Crippen LogP contribution is -2.31. The topological polar surface area (TPSA) is 71.3 Å². The summed E-state index contributed by atoms with van der Waals surface area (Å²) in [6.07, 6.45) is 1.15. The molecule has 38 heavy (non-hydrogen) atoms. The first kappa shape index (κ1) is 26.5. The van der Waals surface area contributed by atoms with Gasteiger partial charge in [0.05, 0.1) is 22.5 Å². The van der Waals surface area contributed by atoms with Crippen molar-refractivity contribution in [2.75, 3.05) is 43.9 Å². The van der Waals surface area contributed by atoms with E-state index < -0.39 is 29.5 Å². The second kappa shape index (κ2) is 10.5. The number of fused-ring (bicyclic) bond motifs is 1. The Morgan fingerprint density at radius 1 is 1.13 bits per heavy atom. The van der Waals surface area contributed by atoms with Crippen LogP contribution >= 0.6 is 0 Å². The molecule has 4 heterocycles. The number of rotatable bonds is 7. The number of likely N-dealkylation sites (N-methyl/N-ethyl adjacent to an activating group) is 1. The Bertz CT molecular complexity index is 1270. The molecule has 0 bridgehead atoms. The highest BCUT2D eigenvalue weighted by Gasteiger charge is 2.37. The molecule has 1 saturated carbocycles. The smallest absolute Gasteiger partial charge is 0.419 e. The molecule has 1 unspecified atom stereocenters. The summed E-state index contributed by atoms with van der Waals surface area (Å²) in [5, 5.41) is 9.34. The fraction of sp³-hybridized carbons (Fsp3) is 0.577. The van der Waals surface area contributed by atoms with Gasteiger partial charge in [-0.15, -0.1) is 0 Å². The second-order valence-corrected chi connectivity index (χ2v) is 10.3. The molecule has 2 aliphatic rings. The van der Waals surface area contributed by atoms with Gasteiger partial charge in [0.25, 0.3) is 5.88 Å². The third-order valence-corrected chi connectivity index (χ3v) is 7.55. The highest BCUT2D eigenvalue weighted by atomic mass is 19.4. The normalized spacial score (nSPS) is 22.4.